The predicted molar refractivity (Wildman–Crippen MR) is 58.6 cm³/mol. The van der Waals surface area contributed by atoms with Crippen LogP contribution in [0.2, 0.25) is 0 Å². The van der Waals surface area contributed by atoms with Crippen molar-refractivity contribution in [2.75, 3.05) is 5.33 Å². The number of hydrogen-bond acceptors (Lipinski definition) is 2. The molecule has 5 heteroatoms. The molecule has 0 bridgehead atoms. The first-order valence-electron chi connectivity index (χ1n) is 3.77. The van der Waals surface area contributed by atoms with Crippen LogP contribution in [0.5, 0.6) is 5.75 Å². The predicted octanol–water partition coefficient (Wildman–Crippen LogP) is 3.05. The van der Waals surface area contributed by atoms with E-state index < -0.39 is 10.5 Å². The minimum atomic E-state index is -2.18. The third kappa shape index (κ3) is 3.06. The fourth-order valence-corrected chi connectivity index (χ4v) is 1.03. The van der Waals surface area contributed by atoms with Crippen molar-refractivity contribution < 1.29 is 13.9 Å². The van der Waals surface area contributed by atoms with Gasteiger partial charge < -0.3 is 4.74 Å². The molecule has 1 aromatic carbocycles. The van der Waals surface area contributed by atoms with Crippen molar-refractivity contribution in [2.45, 2.75) is 4.58 Å². The van der Waals surface area contributed by atoms with Crippen LogP contribution in [0.3, 0.4) is 0 Å². The Balaban J connectivity index is 2.67. The van der Waals surface area contributed by atoms with E-state index >= 15 is 0 Å². The van der Waals surface area contributed by atoms with Crippen molar-refractivity contribution in [1.29, 1.82) is 0 Å². The highest BCUT2D eigenvalue weighted by atomic mass is 79.9. The molecule has 76 valence electrons. The van der Waals surface area contributed by atoms with Gasteiger partial charge in [0, 0.05) is 0 Å². The van der Waals surface area contributed by atoms with Crippen LogP contribution in [0.25, 0.3) is 0 Å². The Labute approximate surface area is 97.7 Å². The number of benzene rings is 1. The van der Waals surface area contributed by atoms with Gasteiger partial charge in [0.1, 0.15) is 5.75 Å². The standard InChI is InChI=1S/C9H7Br2FO2/c10-6-9(11,12)8(13)14-7-4-2-1-3-5-7/h1-5H,6H2. The summed E-state index contributed by atoms with van der Waals surface area (Å²) in [7, 11) is 0. The summed E-state index contributed by atoms with van der Waals surface area (Å²) in [5, 5.41) is -0.161. The average Bonchev–Trinajstić information content (AvgIpc) is 2.19. The maximum atomic E-state index is 13.3. The number of esters is 1. The fraction of sp³-hybridized carbons (Fsp3) is 0.222. The monoisotopic (exact) mass is 324 g/mol. The van der Waals surface area contributed by atoms with E-state index in [4.69, 9.17) is 4.74 Å². The van der Waals surface area contributed by atoms with Gasteiger partial charge in [0.15, 0.2) is 0 Å². The highest BCUT2D eigenvalue weighted by molar-refractivity contribution is 9.12. The lowest BCUT2D eigenvalue weighted by Gasteiger charge is -2.13. The second-order valence-corrected chi connectivity index (χ2v) is 4.36. The molecule has 1 atom stereocenters. The Bertz CT molecular complexity index is 314. The molecule has 0 heterocycles. The van der Waals surface area contributed by atoms with Gasteiger partial charge in [-0.05, 0) is 28.1 Å². The summed E-state index contributed by atoms with van der Waals surface area (Å²) in [6.45, 7) is 0. The lowest BCUT2D eigenvalue weighted by atomic mass is 10.3. The Morgan fingerprint density at radius 2 is 2.00 bits per heavy atom. The molecule has 14 heavy (non-hydrogen) atoms. The normalized spacial score (nSPS) is 14.5. The first-order chi connectivity index (χ1) is 6.56. The molecule has 1 rings (SSSR count). The van der Waals surface area contributed by atoms with Gasteiger partial charge in [0.2, 0.25) is 0 Å². The Kier molecular flexibility index (Phi) is 4.07. The quantitative estimate of drug-likeness (QED) is 0.485. The van der Waals surface area contributed by atoms with E-state index in [9.17, 15) is 9.18 Å². The van der Waals surface area contributed by atoms with E-state index in [1.165, 1.54) is 0 Å². The summed E-state index contributed by atoms with van der Waals surface area (Å²) in [6, 6.07) is 8.33. The fourth-order valence-electron chi connectivity index (χ4n) is 0.725. The van der Waals surface area contributed by atoms with Crippen molar-refractivity contribution >= 4 is 37.8 Å². The zero-order chi connectivity index (χ0) is 10.6. The summed E-state index contributed by atoms with van der Waals surface area (Å²) < 4.78 is 15.9. The van der Waals surface area contributed by atoms with Crippen LogP contribution in [-0.4, -0.2) is 15.9 Å². The number of para-hydroxylation sites is 1. The van der Waals surface area contributed by atoms with Crippen LogP contribution >= 0.6 is 31.9 Å². The van der Waals surface area contributed by atoms with Crippen LogP contribution in [0.15, 0.2) is 30.3 Å². The van der Waals surface area contributed by atoms with E-state index in [2.05, 4.69) is 31.9 Å². The first kappa shape index (κ1) is 11.7. The van der Waals surface area contributed by atoms with Gasteiger partial charge in [-0.25, -0.2) is 9.18 Å². The number of rotatable bonds is 3. The maximum absolute atomic E-state index is 13.3. The summed E-state index contributed by atoms with van der Waals surface area (Å²) in [5.74, 6) is -0.652. The highest BCUT2D eigenvalue weighted by Gasteiger charge is 2.36. The SMILES string of the molecule is O=C(Oc1ccccc1)C(F)(Br)CBr. The summed E-state index contributed by atoms with van der Waals surface area (Å²) in [4.78, 5) is 11.2. The van der Waals surface area contributed by atoms with E-state index in [-0.39, 0.29) is 5.33 Å². The molecule has 0 aliphatic carbocycles. The van der Waals surface area contributed by atoms with Crippen LogP contribution in [0.4, 0.5) is 4.39 Å². The third-order valence-corrected chi connectivity index (χ3v) is 3.55. The molecular formula is C9H7Br2FO2. The number of alkyl halides is 3. The van der Waals surface area contributed by atoms with Crippen molar-refractivity contribution in [2.24, 2.45) is 0 Å². The molecule has 1 unspecified atom stereocenters. The number of halogens is 3. The molecule has 0 aromatic heterocycles. The molecule has 2 nitrogen and oxygen atoms in total. The smallest absolute Gasteiger partial charge is 0.361 e. The van der Waals surface area contributed by atoms with Gasteiger partial charge in [0.05, 0.1) is 5.33 Å². The minimum Gasteiger partial charge on any atom is -0.423 e. The van der Waals surface area contributed by atoms with Crippen LogP contribution in [-0.2, 0) is 4.79 Å². The molecule has 0 radical (unpaired) electrons. The van der Waals surface area contributed by atoms with Gasteiger partial charge >= 0.3 is 5.97 Å². The van der Waals surface area contributed by atoms with Crippen LogP contribution < -0.4 is 4.74 Å². The molecule has 0 aliphatic rings. The Hall–Kier alpha value is -0.420. The molecule has 0 N–H and O–H groups in total. The van der Waals surface area contributed by atoms with Crippen LogP contribution in [0.1, 0.15) is 0 Å². The second-order valence-electron chi connectivity index (χ2n) is 2.54. The maximum Gasteiger partial charge on any atom is 0.361 e. The van der Waals surface area contributed by atoms with Gasteiger partial charge in [-0.1, -0.05) is 34.1 Å². The second kappa shape index (κ2) is 4.89. The molecule has 0 amide bonds. The van der Waals surface area contributed by atoms with E-state index in [0.29, 0.717) is 5.75 Å². The van der Waals surface area contributed by atoms with E-state index in [1.807, 2.05) is 0 Å². The molecule has 0 saturated carbocycles. The summed E-state index contributed by atoms with van der Waals surface area (Å²) in [5.41, 5.74) is 0. The zero-order valence-electron chi connectivity index (χ0n) is 7.04. The van der Waals surface area contributed by atoms with Gasteiger partial charge in [0.25, 0.3) is 4.58 Å². The van der Waals surface area contributed by atoms with Gasteiger partial charge in [-0.3, -0.25) is 0 Å². The average molecular weight is 326 g/mol. The highest BCUT2D eigenvalue weighted by Crippen LogP contribution is 2.25. The van der Waals surface area contributed by atoms with Crippen LogP contribution in [0, 0.1) is 0 Å². The van der Waals surface area contributed by atoms with Crippen molar-refractivity contribution in [1.82, 2.24) is 0 Å². The van der Waals surface area contributed by atoms with Gasteiger partial charge in [-0.2, -0.15) is 0 Å². The lowest BCUT2D eigenvalue weighted by Crippen LogP contribution is -2.32. The first-order valence-corrected chi connectivity index (χ1v) is 5.69. The molecule has 0 aliphatic heterocycles. The Morgan fingerprint density at radius 1 is 1.43 bits per heavy atom. The van der Waals surface area contributed by atoms with E-state index in [1.54, 1.807) is 30.3 Å². The summed E-state index contributed by atoms with van der Waals surface area (Å²) >= 11 is 5.48. The topological polar surface area (TPSA) is 26.3 Å². The minimum absolute atomic E-state index is 0.161. The van der Waals surface area contributed by atoms with Gasteiger partial charge in [-0.15, -0.1) is 0 Å². The molecule has 0 saturated heterocycles. The third-order valence-electron chi connectivity index (χ3n) is 1.42. The van der Waals surface area contributed by atoms with Crippen molar-refractivity contribution in [3.63, 3.8) is 0 Å². The Morgan fingerprint density at radius 3 is 2.50 bits per heavy atom. The largest absolute Gasteiger partial charge is 0.423 e. The van der Waals surface area contributed by atoms with Crippen molar-refractivity contribution in [3.05, 3.63) is 30.3 Å². The number of ether oxygens (including phenoxy) is 1. The molecule has 0 spiro atoms. The van der Waals surface area contributed by atoms with E-state index in [0.717, 1.165) is 0 Å². The zero-order valence-corrected chi connectivity index (χ0v) is 10.2. The van der Waals surface area contributed by atoms with Crippen molar-refractivity contribution in [3.8, 4) is 5.75 Å². The molecule has 1 aromatic rings. The molecule has 0 fully saturated rings. The number of carbonyl (C=O) groups excluding carboxylic acids is 1. The number of carbonyl (C=O) groups is 1. The lowest BCUT2D eigenvalue weighted by molar-refractivity contribution is -0.140. The summed E-state index contributed by atoms with van der Waals surface area (Å²) in [6.07, 6.45) is 0. The number of hydrogen-bond donors (Lipinski definition) is 0. The molecular weight excluding hydrogens is 319 g/mol.